The summed E-state index contributed by atoms with van der Waals surface area (Å²) in [5, 5.41) is 65.7. The van der Waals surface area contributed by atoms with Gasteiger partial charge in [0.15, 0.2) is 18.4 Å². The van der Waals surface area contributed by atoms with Crippen molar-refractivity contribution in [2.75, 3.05) is 26.4 Å². The predicted octanol–water partition coefficient (Wildman–Crippen LogP) is 1.83. The summed E-state index contributed by atoms with van der Waals surface area (Å²) >= 11 is 0. The van der Waals surface area contributed by atoms with E-state index in [0.717, 1.165) is 44.1 Å². The summed E-state index contributed by atoms with van der Waals surface area (Å²) in [6.07, 6.45) is -6.09. The lowest BCUT2D eigenvalue weighted by Crippen LogP contribution is -2.68. The third kappa shape index (κ3) is 6.46. The van der Waals surface area contributed by atoms with Crippen molar-refractivity contribution in [3.8, 4) is 0 Å². The number of fused-ring (bicyclic) bond motifs is 4. The van der Waals surface area contributed by atoms with Gasteiger partial charge in [0.05, 0.1) is 38.1 Å². The van der Waals surface area contributed by atoms with Crippen LogP contribution in [-0.4, -0.2) is 143 Å². The Bertz CT molecular complexity index is 1700. The minimum Gasteiger partial charge on any atom is -0.394 e. The molecular formula is C41H66O16S. The highest BCUT2D eigenvalue weighted by atomic mass is 32.3. The van der Waals surface area contributed by atoms with E-state index in [2.05, 4.69) is 51.8 Å². The fourth-order valence-corrected chi connectivity index (χ4v) is 14.8. The van der Waals surface area contributed by atoms with Gasteiger partial charge in [0, 0.05) is 23.7 Å². The van der Waals surface area contributed by atoms with E-state index < -0.39 is 102 Å². The van der Waals surface area contributed by atoms with E-state index in [1.807, 2.05) is 6.92 Å². The van der Waals surface area contributed by atoms with E-state index in [1.54, 1.807) is 0 Å². The Morgan fingerprint density at radius 2 is 1.52 bits per heavy atom. The molecule has 8 aliphatic rings. The maximum Gasteiger partial charge on any atom is 0.397 e. The monoisotopic (exact) mass is 846 g/mol. The molecule has 0 aromatic carbocycles. The van der Waals surface area contributed by atoms with E-state index in [9.17, 15) is 43.6 Å². The molecule has 4 aliphatic carbocycles. The molecule has 20 atom stereocenters. The second-order valence-electron chi connectivity index (χ2n) is 20.6. The molecule has 0 aromatic rings. The van der Waals surface area contributed by atoms with Gasteiger partial charge in [-0.05, 0) is 93.3 Å². The quantitative estimate of drug-likeness (QED) is 0.0995. The summed E-state index contributed by atoms with van der Waals surface area (Å²) in [5.74, 6) is -0.211. The van der Waals surface area contributed by atoms with Crippen LogP contribution in [0.4, 0.5) is 0 Å². The summed E-state index contributed by atoms with van der Waals surface area (Å²) in [7, 11) is -4.94. The van der Waals surface area contributed by atoms with Crippen LogP contribution in [-0.2, 0) is 43.0 Å². The highest BCUT2D eigenvalue weighted by molar-refractivity contribution is 7.80. The highest BCUT2D eigenvalue weighted by Crippen LogP contribution is 2.80. The van der Waals surface area contributed by atoms with Crippen molar-refractivity contribution in [3.05, 3.63) is 11.6 Å². The van der Waals surface area contributed by atoms with Crippen molar-refractivity contribution in [1.82, 2.24) is 0 Å². The van der Waals surface area contributed by atoms with Gasteiger partial charge in [0.25, 0.3) is 0 Å². The fourth-order valence-electron chi connectivity index (χ4n) is 14.5. The van der Waals surface area contributed by atoms with Gasteiger partial charge < -0.3 is 59.1 Å². The Balaban J connectivity index is 1.03. The van der Waals surface area contributed by atoms with Crippen molar-refractivity contribution in [2.45, 2.75) is 166 Å². The molecule has 4 saturated heterocycles. The molecule has 0 aromatic heterocycles. The lowest BCUT2D eigenvalue weighted by molar-refractivity contribution is -0.351. The number of ether oxygens (including phenoxy) is 6. The third-order valence-electron chi connectivity index (χ3n) is 17.1. The van der Waals surface area contributed by atoms with Gasteiger partial charge in [-0.2, -0.15) is 8.42 Å². The molecule has 16 nitrogen and oxygen atoms in total. The Morgan fingerprint density at radius 3 is 2.17 bits per heavy atom. The normalized spacial score (nSPS) is 54.6. The minimum atomic E-state index is -4.94. The van der Waals surface area contributed by atoms with Gasteiger partial charge in [0.2, 0.25) is 0 Å². The molecule has 2 bridgehead atoms. The summed E-state index contributed by atoms with van der Waals surface area (Å²) in [6.45, 7) is 14.9. The highest BCUT2D eigenvalue weighted by Gasteiger charge is 2.81. The van der Waals surface area contributed by atoms with Crippen LogP contribution in [0.5, 0.6) is 0 Å². The summed E-state index contributed by atoms with van der Waals surface area (Å²) in [6, 6.07) is 0. The van der Waals surface area contributed by atoms with Crippen molar-refractivity contribution in [2.24, 2.45) is 51.2 Å². The molecular weight excluding hydrogens is 781 g/mol. The average Bonchev–Trinajstić information content (AvgIpc) is 3.76. The largest absolute Gasteiger partial charge is 0.397 e. The Morgan fingerprint density at radius 1 is 0.828 bits per heavy atom. The summed E-state index contributed by atoms with van der Waals surface area (Å²) in [4.78, 5) is 0. The maximum atomic E-state index is 12.4. The molecule has 17 heteroatoms. The van der Waals surface area contributed by atoms with E-state index >= 15 is 0 Å². The van der Waals surface area contributed by atoms with Gasteiger partial charge in [0.1, 0.15) is 42.7 Å². The second-order valence-corrected chi connectivity index (χ2v) is 21.7. The molecule has 332 valence electrons. The lowest BCUT2D eigenvalue weighted by atomic mass is 9.35. The molecule has 58 heavy (non-hydrogen) atoms. The first-order chi connectivity index (χ1) is 27.0. The molecule has 8 rings (SSSR count). The van der Waals surface area contributed by atoms with Gasteiger partial charge in [-0.1, -0.05) is 39.3 Å². The zero-order valence-corrected chi connectivity index (χ0v) is 35.5. The number of hydrogen-bond acceptors (Lipinski definition) is 15. The van der Waals surface area contributed by atoms with Gasteiger partial charge in [-0.3, -0.25) is 4.55 Å². The average molecular weight is 847 g/mol. The van der Waals surface area contributed by atoms with E-state index in [0.29, 0.717) is 25.6 Å². The molecule has 8 fully saturated rings. The molecule has 4 saturated carbocycles. The molecule has 4 heterocycles. The number of aliphatic hydroxyl groups excluding tert-OH is 5. The number of hydrogen-bond donors (Lipinski definition) is 7. The first-order valence-electron chi connectivity index (χ1n) is 21.2. The van der Waals surface area contributed by atoms with Crippen molar-refractivity contribution >= 4 is 10.4 Å². The zero-order valence-electron chi connectivity index (χ0n) is 34.7. The standard InChI is InChI=1S/C41H66O16S/c1-20(2)14-21-16-51-41-18-40(19-52-41)22(33(41)39(21,7)47)8-9-26-37(5)12-11-27(36(3,4)25(37)10-13-38(26,40)6)56-35-31(46)32(29(44)24(55-35)17-53-58(48,49)50)57-34-30(45)28(43)23(15-42)54-34/h14,21-35,42-47H,8-13,15-19H2,1-7H3,(H,48,49,50)/t21?,22-,23+,24-,25+,26-,27+,28+,29-,30-,31-,32+,33+,34+,35+,37+,38-,39+,40+,41-/m1/s1. The SMILES string of the molecule is CC(C)=CC1CO[C@]23C[C@]4(CO2)[C@H](CC[C@@H]2[C@@]5(C)CC[C@H](O[C@@H]6O[C@H](COS(=O)(=O)O)[C@@H](O)[C@H](O[C@@H]7O[C@@H](CO)[C@H](O)[C@H]7O)[C@H]6O)C(C)(C)[C@@H]5CC[C@]24C)[C@H]3[C@@]1(C)O. The first-order valence-corrected chi connectivity index (χ1v) is 22.5. The van der Waals surface area contributed by atoms with Crippen LogP contribution in [0, 0.1) is 51.2 Å². The van der Waals surface area contributed by atoms with Gasteiger partial charge in [-0.25, -0.2) is 4.18 Å². The van der Waals surface area contributed by atoms with Crippen LogP contribution >= 0.6 is 0 Å². The van der Waals surface area contributed by atoms with Crippen molar-refractivity contribution in [3.63, 3.8) is 0 Å². The van der Waals surface area contributed by atoms with E-state index in [4.69, 9.17) is 28.4 Å². The Labute approximate surface area is 341 Å². The topological polar surface area (TPSA) is 240 Å². The zero-order chi connectivity index (χ0) is 42.2. The maximum absolute atomic E-state index is 12.4. The van der Waals surface area contributed by atoms with Crippen LogP contribution in [0.25, 0.3) is 0 Å². The Kier molecular flexibility index (Phi) is 11.0. The number of rotatable bonds is 9. The fraction of sp³-hybridized carbons (Fsp3) is 0.951. The van der Waals surface area contributed by atoms with Crippen molar-refractivity contribution < 1.29 is 76.2 Å². The third-order valence-corrected chi connectivity index (χ3v) is 17.6. The minimum absolute atomic E-state index is 0.0731. The molecule has 0 radical (unpaired) electrons. The van der Waals surface area contributed by atoms with E-state index in [1.165, 1.54) is 0 Å². The predicted molar refractivity (Wildman–Crippen MR) is 203 cm³/mol. The molecule has 2 spiro atoms. The Hall–Kier alpha value is -0.870. The van der Waals surface area contributed by atoms with Crippen LogP contribution in [0.1, 0.15) is 93.4 Å². The molecule has 1 unspecified atom stereocenters. The van der Waals surface area contributed by atoms with Gasteiger partial charge in [-0.15, -0.1) is 0 Å². The van der Waals surface area contributed by atoms with Crippen LogP contribution in [0.3, 0.4) is 0 Å². The lowest BCUT2D eigenvalue weighted by Gasteiger charge is -2.70. The van der Waals surface area contributed by atoms with E-state index in [-0.39, 0.29) is 39.9 Å². The number of allylic oxidation sites excluding steroid dienone is 1. The summed E-state index contributed by atoms with van der Waals surface area (Å²) < 4.78 is 74.3. The molecule has 0 amide bonds. The van der Waals surface area contributed by atoms with Crippen LogP contribution in [0.15, 0.2) is 11.6 Å². The smallest absolute Gasteiger partial charge is 0.394 e. The molecule has 4 aliphatic heterocycles. The first kappa shape index (κ1) is 43.8. The molecule has 7 N–H and O–H groups in total. The summed E-state index contributed by atoms with van der Waals surface area (Å²) in [5.41, 5.74) is -0.576. The second kappa shape index (κ2) is 14.6. The van der Waals surface area contributed by atoms with Gasteiger partial charge >= 0.3 is 10.4 Å². The van der Waals surface area contributed by atoms with Crippen LogP contribution in [0.2, 0.25) is 0 Å². The number of aliphatic hydroxyl groups is 6. The van der Waals surface area contributed by atoms with Crippen LogP contribution < -0.4 is 0 Å². The van der Waals surface area contributed by atoms with Crippen molar-refractivity contribution in [1.29, 1.82) is 0 Å².